The van der Waals surface area contributed by atoms with E-state index in [-0.39, 0.29) is 18.7 Å². The van der Waals surface area contributed by atoms with Crippen molar-refractivity contribution in [2.75, 3.05) is 13.9 Å². The summed E-state index contributed by atoms with van der Waals surface area (Å²) in [5, 5.41) is 0. The summed E-state index contributed by atoms with van der Waals surface area (Å²) in [6.07, 6.45) is 3.84. The summed E-state index contributed by atoms with van der Waals surface area (Å²) in [5.74, 6) is 1.67. The van der Waals surface area contributed by atoms with Gasteiger partial charge in [0, 0.05) is 6.08 Å². The van der Waals surface area contributed by atoms with E-state index in [1.54, 1.807) is 25.3 Å². The first-order valence-electron chi connectivity index (χ1n) is 13.1. The van der Waals surface area contributed by atoms with Gasteiger partial charge in [-0.1, -0.05) is 64.1 Å². The van der Waals surface area contributed by atoms with Gasteiger partial charge in [0.05, 0.1) is 12.5 Å². The van der Waals surface area contributed by atoms with Crippen molar-refractivity contribution in [1.29, 1.82) is 0 Å². The van der Waals surface area contributed by atoms with Gasteiger partial charge in [-0.25, -0.2) is 4.79 Å². The van der Waals surface area contributed by atoms with E-state index < -0.39 is 11.4 Å². The van der Waals surface area contributed by atoms with Crippen LogP contribution in [0.3, 0.4) is 0 Å². The first kappa shape index (κ1) is 29.5. The molecule has 0 saturated carbocycles. The Bertz CT molecular complexity index is 1240. The molecule has 39 heavy (non-hydrogen) atoms. The maximum atomic E-state index is 12.7. The summed E-state index contributed by atoms with van der Waals surface area (Å²) in [7, 11) is 1.61. The van der Waals surface area contributed by atoms with Gasteiger partial charge in [0.25, 0.3) is 0 Å². The molecule has 206 valence electrons. The molecule has 0 amide bonds. The van der Waals surface area contributed by atoms with Gasteiger partial charge in [0.2, 0.25) is 6.79 Å². The molecule has 0 fully saturated rings. The number of rotatable bonds is 12. The van der Waals surface area contributed by atoms with E-state index in [4.69, 9.17) is 18.9 Å². The number of ether oxygens (including phenoxy) is 4. The Morgan fingerprint density at radius 1 is 0.795 bits per heavy atom. The Labute approximate surface area is 231 Å². The Balaban J connectivity index is 1.51. The van der Waals surface area contributed by atoms with Crippen molar-refractivity contribution >= 4 is 18.0 Å². The highest BCUT2D eigenvalue weighted by Gasteiger charge is 2.38. The number of hydrogen-bond donors (Lipinski definition) is 0. The van der Waals surface area contributed by atoms with Gasteiger partial charge in [-0.2, -0.15) is 0 Å². The van der Waals surface area contributed by atoms with Crippen LogP contribution in [0.25, 0.3) is 17.2 Å². The molecule has 0 aliphatic heterocycles. The number of benzene rings is 3. The van der Waals surface area contributed by atoms with Gasteiger partial charge < -0.3 is 18.9 Å². The molecule has 1 atom stereocenters. The molecule has 0 bridgehead atoms. The standard InChI is InChI=1S/C33H38O6/c1-23(2)21-33(5,24(3)4)32(35)38-22-37-29-16-10-26(11-17-29)27-12-18-30(19-13-27)39-31(34)20-9-25-7-14-28(36-6)15-8-25/h7-20,23-24H,21-22H2,1-6H3. The predicted molar refractivity (Wildman–Crippen MR) is 154 cm³/mol. The average molecular weight is 531 g/mol. The molecule has 0 heterocycles. The van der Waals surface area contributed by atoms with Gasteiger partial charge in [0.15, 0.2) is 0 Å². The van der Waals surface area contributed by atoms with E-state index in [2.05, 4.69) is 13.8 Å². The number of carbonyl (C=O) groups is 2. The van der Waals surface area contributed by atoms with Gasteiger partial charge in [-0.15, -0.1) is 0 Å². The Morgan fingerprint density at radius 3 is 1.85 bits per heavy atom. The maximum absolute atomic E-state index is 12.7. The van der Waals surface area contributed by atoms with E-state index in [0.29, 0.717) is 17.4 Å². The van der Waals surface area contributed by atoms with Crippen molar-refractivity contribution in [2.24, 2.45) is 17.3 Å². The molecule has 0 spiro atoms. The molecule has 0 aromatic heterocycles. The third-order valence-corrected chi connectivity index (χ3v) is 6.78. The van der Waals surface area contributed by atoms with Crippen LogP contribution in [-0.4, -0.2) is 25.8 Å². The van der Waals surface area contributed by atoms with Crippen LogP contribution in [0.15, 0.2) is 78.9 Å². The first-order chi connectivity index (χ1) is 18.6. The van der Waals surface area contributed by atoms with Crippen LogP contribution in [0.2, 0.25) is 0 Å². The summed E-state index contributed by atoms with van der Waals surface area (Å²) in [6, 6.07) is 22.1. The van der Waals surface area contributed by atoms with Crippen LogP contribution < -0.4 is 14.2 Å². The van der Waals surface area contributed by atoms with Crippen molar-refractivity contribution in [3.8, 4) is 28.4 Å². The summed E-state index contributed by atoms with van der Waals surface area (Å²) < 4.78 is 21.7. The highest BCUT2D eigenvalue weighted by Crippen LogP contribution is 2.35. The van der Waals surface area contributed by atoms with Gasteiger partial charge in [-0.3, -0.25) is 4.79 Å². The lowest BCUT2D eigenvalue weighted by Gasteiger charge is -2.32. The molecule has 0 aliphatic rings. The molecule has 0 radical (unpaired) electrons. The largest absolute Gasteiger partial charge is 0.497 e. The Hall–Kier alpha value is -4.06. The molecule has 1 unspecified atom stereocenters. The van der Waals surface area contributed by atoms with E-state index in [1.165, 1.54) is 6.08 Å². The van der Waals surface area contributed by atoms with E-state index in [9.17, 15) is 9.59 Å². The third kappa shape index (κ3) is 8.47. The minimum Gasteiger partial charge on any atom is -0.497 e. The molecule has 0 aliphatic carbocycles. The van der Waals surface area contributed by atoms with Crippen molar-refractivity contribution in [2.45, 2.75) is 41.0 Å². The second-order valence-electron chi connectivity index (χ2n) is 10.4. The average Bonchev–Trinajstić information content (AvgIpc) is 2.92. The molecule has 0 saturated heterocycles. The highest BCUT2D eigenvalue weighted by atomic mass is 16.7. The SMILES string of the molecule is COc1ccc(C=CC(=O)Oc2ccc(-c3ccc(OCOC(=O)C(C)(CC(C)C)C(C)C)cc3)cc2)cc1. The van der Waals surface area contributed by atoms with Crippen LogP contribution >= 0.6 is 0 Å². The molecule has 0 N–H and O–H groups in total. The predicted octanol–water partition coefficient (Wildman–Crippen LogP) is 7.57. The van der Waals surface area contributed by atoms with Crippen molar-refractivity contribution < 1.29 is 28.5 Å². The quantitative estimate of drug-likeness (QED) is 0.104. The molecular formula is C33H38O6. The van der Waals surface area contributed by atoms with Crippen molar-refractivity contribution in [3.05, 3.63) is 84.4 Å². The van der Waals surface area contributed by atoms with Crippen LogP contribution in [0.1, 0.15) is 46.6 Å². The summed E-state index contributed by atoms with van der Waals surface area (Å²) >= 11 is 0. The fourth-order valence-electron chi connectivity index (χ4n) is 4.21. The van der Waals surface area contributed by atoms with Crippen LogP contribution in [0, 0.1) is 17.3 Å². The zero-order valence-corrected chi connectivity index (χ0v) is 23.6. The molecular weight excluding hydrogens is 492 g/mol. The fraction of sp³-hybridized carbons (Fsp3) is 0.333. The second-order valence-corrected chi connectivity index (χ2v) is 10.4. The second kappa shape index (κ2) is 13.7. The zero-order valence-electron chi connectivity index (χ0n) is 23.6. The van der Waals surface area contributed by atoms with Crippen molar-refractivity contribution in [3.63, 3.8) is 0 Å². The number of esters is 2. The minimum atomic E-state index is -0.547. The lowest BCUT2D eigenvalue weighted by molar-refractivity contribution is -0.165. The third-order valence-electron chi connectivity index (χ3n) is 6.78. The summed E-state index contributed by atoms with van der Waals surface area (Å²) in [6.45, 7) is 10.1. The molecule has 3 aromatic rings. The van der Waals surface area contributed by atoms with Crippen LogP contribution in [0.4, 0.5) is 0 Å². The van der Waals surface area contributed by atoms with Gasteiger partial charge in [0.1, 0.15) is 17.2 Å². The lowest BCUT2D eigenvalue weighted by Crippen LogP contribution is -2.37. The Morgan fingerprint density at radius 2 is 1.33 bits per heavy atom. The smallest absolute Gasteiger partial charge is 0.336 e. The Kier molecular flexibility index (Phi) is 10.3. The minimum absolute atomic E-state index is 0.133. The van der Waals surface area contributed by atoms with Gasteiger partial charge in [-0.05, 0) is 84.3 Å². The lowest BCUT2D eigenvalue weighted by atomic mass is 9.73. The number of hydrogen-bond acceptors (Lipinski definition) is 6. The monoisotopic (exact) mass is 530 g/mol. The van der Waals surface area contributed by atoms with E-state index >= 15 is 0 Å². The number of methoxy groups -OCH3 is 1. The zero-order chi connectivity index (χ0) is 28.4. The van der Waals surface area contributed by atoms with Crippen LogP contribution in [-0.2, 0) is 14.3 Å². The molecule has 6 nitrogen and oxygen atoms in total. The molecule has 3 aromatic carbocycles. The van der Waals surface area contributed by atoms with Crippen LogP contribution in [0.5, 0.6) is 17.2 Å². The van der Waals surface area contributed by atoms with E-state index in [0.717, 1.165) is 28.9 Å². The molecule has 6 heteroatoms. The normalized spacial score (nSPS) is 12.8. The number of carbonyl (C=O) groups excluding carboxylic acids is 2. The van der Waals surface area contributed by atoms with Gasteiger partial charge >= 0.3 is 11.9 Å². The summed E-state index contributed by atoms with van der Waals surface area (Å²) in [4.78, 5) is 24.9. The highest BCUT2D eigenvalue weighted by molar-refractivity contribution is 5.88. The molecule has 3 rings (SSSR count). The summed E-state index contributed by atoms with van der Waals surface area (Å²) in [5.41, 5.74) is 2.26. The van der Waals surface area contributed by atoms with E-state index in [1.807, 2.05) is 81.4 Å². The first-order valence-corrected chi connectivity index (χ1v) is 13.1. The fourth-order valence-corrected chi connectivity index (χ4v) is 4.21. The topological polar surface area (TPSA) is 71.1 Å². The van der Waals surface area contributed by atoms with Crippen molar-refractivity contribution in [1.82, 2.24) is 0 Å². The maximum Gasteiger partial charge on any atom is 0.336 e.